The van der Waals surface area contributed by atoms with Crippen LogP contribution < -0.4 is 5.32 Å². The van der Waals surface area contributed by atoms with Crippen molar-refractivity contribution in [1.82, 2.24) is 10.5 Å². The number of furan rings is 1. The van der Waals surface area contributed by atoms with Gasteiger partial charge in [0.2, 0.25) is 5.91 Å². The molecule has 2 aromatic heterocycles. The molecule has 3 rings (SSSR count). The largest absolute Gasteiger partial charge is 0.466 e. The summed E-state index contributed by atoms with van der Waals surface area (Å²) in [6, 6.07) is 2.05. The molecule has 0 saturated heterocycles. The lowest BCUT2D eigenvalue weighted by atomic mass is 9.74. The molecule has 23 heavy (non-hydrogen) atoms. The van der Waals surface area contributed by atoms with Gasteiger partial charge >= 0.3 is 0 Å². The second kappa shape index (κ2) is 5.55. The summed E-state index contributed by atoms with van der Waals surface area (Å²) in [5, 5.41) is 7.08. The highest BCUT2D eigenvalue weighted by Crippen LogP contribution is 2.42. The van der Waals surface area contributed by atoms with Crippen LogP contribution in [-0.2, 0) is 17.6 Å². The van der Waals surface area contributed by atoms with Crippen LogP contribution in [0.5, 0.6) is 0 Å². The Morgan fingerprint density at radius 1 is 1.39 bits per heavy atom. The van der Waals surface area contributed by atoms with Crippen LogP contribution in [0.25, 0.3) is 0 Å². The van der Waals surface area contributed by atoms with E-state index >= 15 is 0 Å². The Hall–Kier alpha value is -2.04. The predicted octanol–water partition coefficient (Wildman–Crippen LogP) is 3.57. The molecule has 1 aliphatic rings. The summed E-state index contributed by atoms with van der Waals surface area (Å²) in [6.45, 7) is 10.1. The molecule has 5 nitrogen and oxygen atoms in total. The maximum absolute atomic E-state index is 12.5. The van der Waals surface area contributed by atoms with Gasteiger partial charge in [-0.25, -0.2) is 0 Å². The van der Waals surface area contributed by atoms with E-state index in [-0.39, 0.29) is 17.4 Å². The van der Waals surface area contributed by atoms with Crippen molar-refractivity contribution in [3.8, 4) is 0 Å². The molecule has 2 aromatic rings. The van der Waals surface area contributed by atoms with Crippen molar-refractivity contribution >= 4 is 5.91 Å². The zero-order valence-corrected chi connectivity index (χ0v) is 14.4. The number of amides is 1. The molecule has 0 spiro atoms. The number of nitrogens with zero attached hydrogens (tertiary/aromatic N) is 1. The molecule has 124 valence electrons. The van der Waals surface area contributed by atoms with Crippen LogP contribution in [0, 0.1) is 26.2 Å². The van der Waals surface area contributed by atoms with Gasteiger partial charge in [-0.1, -0.05) is 19.0 Å². The number of aryl methyl sites for hydroxylation is 3. The van der Waals surface area contributed by atoms with Crippen molar-refractivity contribution in [3.05, 3.63) is 40.2 Å². The van der Waals surface area contributed by atoms with Crippen LogP contribution in [0.4, 0.5) is 0 Å². The average molecular weight is 316 g/mol. The minimum absolute atomic E-state index is 0.000766. The van der Waals surface area contributed by atoms with Crippen LogP contribution in [-0.4, -0.2) is 11.1 Å². The Morgan fingerprint density at radius 2 is 2.13 bits per heavy atom. The molecule has 0 aliphatic heterocycles. The average Bonchev–Trinajstić information content (AvgIpc) is 2.94. The summed E-state index contributed by atoms with van der Waals surface area (Å²) in [6.07, 6.45) is 2.11. The van der Waals surface area contributed by atoms with Crippen LogP contribution in [0.3, 0.4) is 0 Å². The Bertz CT molecular complexity index is 720. The smallest absolute Gasteiger partial charge is 0.225 e. The molecule has 0 saturated carbocycles. The van der Waals surface area contributed by atoms with E-state index in [1.165, 1.54) is 0 Å². The third-order valence-corrected chi connectivity index (χ3v) is 4.59. The molecule has 1 amide bonds. The van der Waals surface area contributed by atoms with Gasteiger partial charge in [0.15, 0.2) is 0 Å². The normalized spacial score (nSPS) is 19.4. The number of hydrogen-bond donors (Lipinski definition) is 1. The van der Waals surface area contributed by atoms with Gasteiger partial charge in [-0.05, 0) is 38.7 Å². The predicted molar refractivity (Wildman–Crippen MR) is 86.1 cm³/mol. The Morgan fingerprint density at radius 3 is 2.78 bits per heavy atom. The fraction of sp³-hybridized carbons (Fsp3) is 0.556. The third-order valence-electron chi connectivity index (χ3n) is 4.59. The minimum atomic E-state index is -0.00750. The summed E-state index contributed by atoms with van der Waals surface area (Å²) in [5.74, 6) is 2.60. The SMILES string of the molecule is Cc1cc2c(o1)CC(C)(C)C[C@@H]2NC(=O)Cc1c(C)noc1C. The fourth-order valence-corrected chi connectivity index (χ4v) is 3.47. The first kappa shape index (κ1) is 15.8. The number of aromatic nitrogens is 1. The zero-order chi connectivity index (χ0) is 16.8. The van der Waals surface area contributed by atoms with Crippen molar-refractivity contribution in [2.24, 2.45) is 5.41 Å². The molecule has 0 aromatic carbocycles. The highest BCUT2D eigenvalue weighted by Gasteiger charge is 2.35. The number of nitrogens with one attached hydrogen (secondary N) is 1. The molecular formula is C18H24N2O3. The van der Waals surface area contributed by atoms with Gasteiger partial charge < -0.3 is 14.3 Å². The maximum Gasteiger partial charge on any atom is 0.225 e. The van der Waals surface area contributed by atoms with Crippen LogP contribution >= 0.6 is 0 Å². The number of hydrogen-bond acceptors (Lipinski definition) is 4. The second-order valence-electron chi connectivity index (χ2n) is 7.38. The number of carbonyl (C=O) groups is 1. The molecule has 1 N–H and O–H groups in total. The number of carbonyl (C=O) groups excluding carboxylic acids is 1. The molecule has 0 unspecified atom stereocenters. The Kier molecular flexibility index (Phi) is 3.82. The first-order chi connectivity index (χ1) is 10.7. The summed E-state index contributed by atoms with van der Waals surface area (Å²) in [4.78, 5) is 12.5. The molecule has 0 fully saturated rings. The molecule has 5 heteroatoms. The van der Waals surface area contributed by atoms with E-state index < -0.39 is 0 Å². The highest BCUT2D eigenvalue weighted by molar-refractivity contribution is 5.79. The standard InChI is InChI=1S/C18H24N2O3/c1-10-6-14-15(8-18(4,5)9-16(14)22-10)19-17(21)7-13-11(2)20-23-12(13)3/h6,15H,7-9H2,1-5H3,(H,19,21)/t15-/m0/s1. The number of rotatable bonds is 3. The van der Waals surface area contributed by atoms with Gasteiger partial charge in [0.05, 0.1) is 18.2 Å². The lowest BCUT2D eigenvalue weighted by molar-refractivity contribution is -0.121. The van der Waals surface area contributed by atoms with E-state index in [1.807, 2.05) is 26.8 Å². The molecule has 0 bridgehead atoms. The monoisotopic (exact) mass is 316 g/mol. The summed E-state index contributed by atoms with van der Waals surface area (Å²) < 4.78 is 11.0. The summed E-state index contributed by atoms with van der Waals surface area (Å²) >= 11 is 0. The van der Waals surface area contributed by atoms with Gasteiger partial charge in [-0.2, -0.15) is 0 Å². The van der Waals surface area contributed by atoms with Crippen molar-refractivity contribution in [1.29, 1.82) is 0 Å². The lowest BCUT2D eigenvalue weighted by Gasteiger charge is -2.34. The topological polar surface area (TPSA) is 68.3 Å². The fourth-order valence-electron chi connectivity index (χ4n) is 3.47. The number of fused-ring (bicyclic) bond motifs is 1. The molecule has 0 radical (unpaired) electrons. The van der Waals surface area contributed by atoms with E-state index in [0.29, 0.717) is 12.2 Å². The quantitative estimate of drug-likeness (QED) is 0.940. The van der Waals surface area contributed by atoms with Crippen LogP contribution in [0.2, 0.25) is 0 Å². The molecule has 1 atom stereocenters. The van der Waals surface area contributed by atoms with Crippen LogP contribution in [0.1, 0.15) is 60.4 Å². The Labute approximate surface area is 136 Å². The first-order valence-corrected chi connectivity index (χ1v) is 8.05. The van der Waals surface area contributed by atoms with E-state index in [4.69, 9.17) is 8.94 Å². The van der Waals surface area contributed by atoms with E-state index in [2.05, 4.69) is 24.3 Å². The second-order valence-corrected chi connectivity index (χ2v) is 7.38. The molecule has 1 aliphatic carbocycles. The summed E-state index contributed by atoms with van der Waals surface area (Å²) in [7, 11) is 0. The lowest BCUT2D eigenvalue weighted by Crippen LogP contribution is -2.36. The van der Waals surface area contributed by atoms with Gasteiger partial charge in [0, 0.05) is 17.5 Å². The zero-order valence-electron chi connectivity index (χ0n) is 14.4. The molecule has 2 heterocycles. The van der Waals surface area contributed by atoms with Gasteiger partial charge in [0.25, 0.3) is 0 Å². The van der Waals surface area contributed by atoms with E-state index in [9.17, 15) is 4.79 Å². The van der Waals surface area contributed by atoms with E-state index in [1.54, 1.807) is 0 Å². The van der Waals surface area contributed by atoms with E-state index in [0.717, 1.165) is 41.2 Å². The van der Waals surface area contributed by atoms with Crippen molar-refractivity contribution in [2.45, 2.75) is 59.9 Å². The van der Waals surface area contributed by atoms with Crippen LogP contribution in [0.15, 0.2) is 15.0 Å². The Balaban J connectivity index is 1.78. The van der Waals surface area contributed by atoms with Gasteiger partial charge in [-0.3, -0.25) is 4.79 Å². The highest BCUT2D eigenvalue weighted by atomic mass is 16.5. The summed E-state index contributed by atoms with van der Waals surface area (Å²) in [5.41, 5.74) is 2.88. The molecular weight excluding hydrogens is 292 g/mol. The first-order valence-electron chi connectivity index (χ1n) is 8.05. The van der Waals surface area contributed by atoms with Gasteiger partial charge in [-0.15, -0.1) is 0 Å². The van der Waals surface area contributed by atoms with Crippen molar-refractivity contribution in [2.75, 3.05) is 0 Å². The third kappa shape index (κ3) is 3.19. The maximum atomic E-state index is 12.5. The van der Waals surface area contributed by atoms with Gasteiger partial charge in [0.1, 0.15) is 17.3 Å². The van der Waals surface area contributed by atoms with Crippen molar-refractivity contribution in [3.63, 3.8) is 0 Å². The van der Waals surface area contributed by atoms with Crippen molar-refractivity contribution < 1.29 is 13.7 Å². The minimum Gasteiger partial charge on any atom is -0.466 e.